The Balaban J connectivity index is 1.53. The van der Waals surface area contributed by atoms with E-state index >= 15 is 0 Å². The second-order valence-corrected chi connectivity index (χ2v) is 11.7. The molecule has 0 saturated carbocycles. The van der Waals surface area contributed by atoms with E-state index in [1.807, 2.05) is 25.3 Å². The highest BCUT2D eigenvalue weighted by atomic mass is 79.9. The van der Waals surface area contributed by atoms with Crippen LogP contribution in [-0.4, -0.2) is 61.4 Å². The predicted octanol–water partition coefficient (Wildman–Crippen LogP) is 4.88. The molecule has 1 fully saturated rings. The fraction of sp³-hybridized carbons (Fsp3) is 0.269. The molecule has 3 heterocycles. The summed E-state index contributed by atoms with van der Waals surface area (Å²) < 4.78 is 27.8. The summed E-state index contributed by atoms with van der Waals surface area (Å²) in [6, 6.07) is 15.3. The molecule has 0 atom stereocenters. The van der Waals surface area contributed by atoms with Crippen molar-refractivity contribution in [1.82, 2.24) is 19.8 Å². The van der Waals surface area contributed by atoms with Crippen molar-refractivity contribution >= 4 is 36.8 Å². The van der Waals surface area contributed by atoms with E-state index in [1.54, 1.807) is 18.3 Å². The highest BCUT2D eigenvalue weighted by Crippen LogP contribution is 2.39. The number of H-pyrrole nitrogens is 1. The summed E-state index contributed by atoms with van der Waals surface area (Å²) in [7, 11) is -1.60. The minimum atomic E-state index is -3.76. The molecule has 1 saturated heterocycles. The molecule has 4 aromatic rings. The normalized spacial score (nSPS) is 15.7. The average Bonchev–Trinajstić information content (AvgIpc) is 3.25. The summed E-state index contributed by atoms with van der Waals surface area (Å²) in [4.78, 5) is 12.9. The maximum absolute atomic E-state index is 13.7. The number of nitrogens with zero attached hydrogens (tertiary/aromatic N) is 3. The van der Waals surface area contributed by atoms with Crippen molar-refractivity contribution in [3.05, 3.63) is 76.5 Å². The van der Waals surface area contributed by atoms with Gasteiger partial charge in [-0.15, -0.1) is 0 Å². The van der Waals surface area contributed by atoms with Gasteiger partial charge < -0.3 is 9.88 Å². The third kappa shape index (κ3) is 4.43. The Morgan fingerprint density at radius 2 is 1.68 bits per heavy atom. The first-order valence-electron chi connectivity index (χ1n) is 11.3. The number of aryl methyl sites for hydroxylation is 1. The van der Waals surface area contributed by atoms with E-state index in [1.165, 1.54) is 5.56 Å². The predicted molar refractivity (Wildman–Crippen MR) is 139 cm³/mol. The zero-order chi connectivity index (χ0) is 23.9. The zero-order valence-electron chi connectivity index (χ0n) is 19.3. The molecule has 0 aliphatic carbocycles. The molecule has 0 bridgehead atoms. The Kier molecular flexibility index (Phi) is 6.33. The number of halogens is 1. The number of benzene rings is 2. The number of aromatic amines is 1. The number of piperazine rings is 1. The van der Waals surface area contributed by atoms with Crippen molar-refractivity contribution in [2.45, 2.75) is 23.3 Å². The fourth-order valence-corrected chi connectivity index (χ4v) is 6.88. The summed E-state index contributed by atoms with van der Waals surface area (Å²) >= 11 is 3.46. The van der Waals surface area contributed by atoms with Gasteiger partial charge in [0, 0.05) is 56.1 Å². The smallest absolute Gasteiger partial charge is 0.208 e. The van der Waals surface area contributed by atoms with Gasteiger partial charge in [-0.1, -0.05) is 42.0 Å². The van der Waals surface area contributed by atoms with E-state index in [2.05, 4.69) is 67.0 Å². The molecular weight excluding hydrogens is 512 g/mol. The van der Waals surface area contributed by atoms with E-state index in [9.17, 15) is 8.42 Å². The number of aromatic nitrogens is 2. The molecule has 6 nitrogen and oxygen atoms in total. The van der Waals surface area contributed by atoms with Gasteiger partial charge in [-0.2, -0.15) is 0 Å². The number of likely N-dealkylation sites (N-methyl/N-ethyl adjacent to an activating group) is 1. The van der Waals surface area contributed by atoms with E-state index < -0.39 is 9.84 Å². The Morgan fingerprint density at radius 1 is 1.00 bits per heavy atom. The highest BCUT2D eigenvalue weighted by molar-refractivity contribution is 9.10. The topological polar surface area (TPSA) is 69.3 Å². The van der Waals surface area contributed by atoms with Gasteiger partial charge in [-0.3, -0.25) is 4.90 Å². The zero-order valence-corrected chi connectivity index (χ0v) is 21.7. The SMILES string of the molecule is Cc1ccc(S(=O)(=O)c2c(Br)cnc3[nH]cc(-c4ccc(CN5CCN(C)CC5)cc4)c23)cc1. The Morgan fingerprint density at radius 3 is 2.35 bits per heavy atom. The number of sulfone groups is 1. The van der Waals surface area contributed by atoms with Crippen LogP contribution in [0, 0.1) is 6.92 Å². The van der Waals surface area contributed by atoms with Crippen LogP contribution in [0.4, 0.5) is 0 Å². The van der Waals surface area contributed by atoms with Crippen LogP contribution in [0.2, 0.25) is 0 Å². The van der Waals surface area contributed by atoms with Crippen LogP contribution >= 0.6 is 15.9 Å². The van der Waals surface area contributed by atoms with Crippen molar-refractivity contribution in [3.63, 3.8) is 0 Å². The second-order valence-electron chi connectivity index (χ2n) is 8.95. The van der Waals surface area contributed by atoms with Gasteiger partial charge in [-0.05, 0) is 53.2 Å². The molecule has 5 rings (SSSR count). The molecule has 0 unspecified atom stereocenters. The molecule has 34 heavy (non-hydrogen) atoms. The monoisotopic (exact) mass is 538 g/mol. The van der Waals surface area contributed by atoms with Crippen LogP contribution in [-0.2, 0) is 16.4 Å². The number of fused-ring (bicyclic) bond motifs is 1. The summed E-state index contributed by atoms with van der Waals surface area (Å²) in [6.07, 6.45) is 3.39. The van der Waals surface area contributed by atoms with Gasteiger partial charge in [0.2, 0.25) is 9.84 Å². The first-order valence-corrected chi connectivity index (χ1v) is 13.6. The molecule has 1 N–H and O–H groups in total. The van der Waals surface area contributed by atoms with Crippen molar-refractivity contribution in [3.8, 4) is 11.1 Å². The summed E-state index contributed by atoms with van der Waals surface area (Å²) in [5.41, 5.74) is 4.58. The summed E-state index contributed by atoms with van der Waals surface area (Å²) in [5, 5.41) is 0.599. The molecular formula is C26H27BrN4O2S. The minimum absolute atomic E-state index is 0.235. The third-order valence-corrected chi connectivity index (χ3v) is 9.20. The largest absolute Gasteiger partial charge is 0.345 e. The first kappa shape index (κ1) is 23.2. The quantitative estimate of drug-likeness (QED) is 0.392. The third-order valence-electron chi connectivity index (χ3n) is 6.48. The highest BCUT2D eigenvalue weighted by Gasteiger charge is 2.27. The van der Waals surface area contributed by atoms with Crippen LogP contribution in [0.1, 0.15) is 11.1 Å². The number of hydrogen-bond acceptors (Lipinski definition) is 5. The van der Waals surface area contributed by atoms with E-state index in [4.69, 9.17) is 0 Å². The lowest BCUT2D eigenvalue weighted by molar-refractivity contribution is 0.148. The standard InChI is InChI=1S/C26H27BrN4O2S/c1-18-3-9-21(10-4-18)34(32,33)25-23(27)16-29-26-24(25)22(15-28-26)20-7-5-19(6-8-20)17-31-13-11-30(2)12-14-31/h3-10,15-16H,11-14,17H2,1-2H3,(H,28,29). The lowest BCUT2D eigenvalue weighted by Crippen LogP contribution is -2.43. The second kappa shape index (κ2) is 9.26. The van der Waals surface area contributed by atoms with Crippen LogP contribution < -0.4 is 0 Å². The van der Waals surface area contributed by atoms with Gasteiger partial charge in [0.25, 0.3) is 0 Å². The molecule has 0 spiro atoms. The average molecular weight is 539 g/mol. The van der Waals surface area contributed by atoms with Crippen molar-refractivity contribution < 1.29 is 8.42 Å². The van der Waals surface area contributed by atoms with Gasteiger partial charge in [-0.25, -0.2) is 13.4 Å². The maximum atomic E-state index is 13.7. The molecule has 1 aliphatic heterocycles. The van der Waals surface area contributed by atoms with Gasteiger partial charge in [0.15, 0.2) is 0 Å². The van der Waals surface area contributed by atoms with E-state index in [0.29, 0.717) is 15.5 Å². The van der Waals surface area contributed by atoms with Crippen LogP contribution in [0.3, 0.4) is 0 Å². The molecule has 2 aromatic carbocycles. The van der Waals surface area contributed by atoms with Crippen molar-refractivity contribution in [2.24, 2.45) is 0 Å². The lowest BCUT2D eigenvalue weighted by atomic mass is 10.0. The Bertz CT molecular complexity index is 1420. The van der Waals surface area contributed by atoms with Gasteiger partial charge >= 0.3 is 0 Å². The van der Waals surface area contributed by atoms with Crippen LogP contribution in [0.15, 0.2) is 75.2 Å². The number of hydrogen-bond donors (Lipinski definition) is 1. The molecule has 8 heteroatoms. The lowest BCUT2D eigenvalue weighted by Gasteiger charge is -2.32. The summed E-state index contributed by atoms with van der Waals surface area (Å²) in [5.74, 6) is 0. The summed E-state index contributed by atoms with van der Waals surface area (Å²) in [6.45, 7) is 7.18. The molecule has 0 amide bonds. The Hall–Kier alpha value is -2.52. The van der Waals surface area contributed by atoms with Crippen LogP contribution in [0.25, 0.3) is 22.2 Å². The first-order chi connectivity index (χ1) is 16.3. The van der Waals surface area contributed by atoms with Crippen molar-refractivity contribution in [1.29, 1.82) is 0 Å². The molecule has 176 valence electrons. The van der Waals surface area contributed by atoms with Crippen molar-refractivity contribution in [2.75, 3.05) is 33.2 Å². The van der Waals surface area contributed by atoms with Gasteiger partial charge in [0.05, 0.1) is 14.3 Å². The molecule has 2 aromatic heterocycles. The minimum Gasteiger partial charge on any atom is -0.345 e. The van der Waals surface area contributed by atoms with Crippen LogP contribution in [0.5, 0.6) is 0 Å². The van der Waals surface area contributed by atoms with E-state index in [0.717, 1.165) is 49.4 Å². The maximum Gasteiger partial charge on any atom is 0.208 e. The number of nitrogens with one attached hydrogen (secondary N) is 1. The number of rotatable bonds is 5. The number of pyridine rings is 1. The fourth-order valence-electron chi connectivity index (χ4n) is 4.42. The molecule has 1 aliphatic rings. The Labute approximate surface area is 208 Å². The van der Waals surface area contributed by atoms with Gasteiger partial charge in [0.1, 0.15) is 5.65 Å². The molecule has 0 radical (unpaired) electrons. The van der Waals surface area contributed by atoms with E-state index in [-0.39, 0.29) is 9.79 Å².